The van der Waals surface area contributed by atoms with Crippen molar-refractivity contribution in [3.05, 3.63) is 52.3 Å². The average molecular weight is 417 g/mol. The Morgan fingerprint density at radius 3 is 2.23 bits per heavy atom. The lowest BCUT2D eigenvalue weighted by atomic mass is 10.1. The minimum atomic E-state index is 0.393. The molecule has 2 aromatic carbocycles. The van der Waals surface area contributed by atoms with Crippen molar-refractivity contribution in [2.45, 2.75) is 0 Å². The molecule has 26 heavy (non-hydrogen) atoms. The van der Waals surface area contributed by atoms with Gasteiger partial charge in [0.2, 0.25) is 17.5 Å². The minimum Gasteiger partial charge on any atom is -0.493 e. The van der Waals surface area contributed by atoms with Crippen LogP contribution in [0.2, 0.25) is 0 Å². The van der Waals surface area contributed by atoms with Gasteiger partial charge in [0.15, 0.2) is 11.5 Å². The highest BCUT2D eigenvalue weighted by Crippen LogP contribution is 2.38. The molecule has 0 fully saturated rings. The molecule has 0 aliphatic heterocycles. The van der Waals surface area contributed by atoms with Crippen molar-refractivity contribution in [3.63, 3.8) is 0 Å². The molecular formula is C19H17BrN2O4. The molecule has 0 N–H and O–H groups in total. The van der Waals surface area contributed by atoms with Gasteiger partial charge < -0.3 is 18.6 Å². The summed E-state index contributed by atoms with van der Waals surface area (Å²) in [5.74, 6) is 2.53. The zero-order valence-corrected chi connectivity index (χ0v) is 16.1. The van der Waals surface area contributed by atoms with Gasteiger partial charge in [0.1, 0.15) is 0 Å². The zero-order valence-electron chi connectivity index (χ0n) is 14.5. The zero-order chi connectivity index (χ0) is 18.5. The van der Waals surface area contributed by atoms with E-state index in [-0.39, 0.29) is 0 Å². The van der Waals surface area contributed by atoms with Crippen LogP contribution in [-0.4, -0.2) is 31.5 Å². The summed E-state index contributed by atoms with van der Waals surface area (Å²) in [5.41, 5.74) is 1.69. The predicted molar refractivity (Wildman–Crippen MR) is 102 cm³/mol. The van der Waals surface area contributed by atoms with Crippen LogP contribution in [0.4, 0.5) is 0 Å². The fourth-order valence-corrected chi connectivity index (χ4v) is 2.86. The first-order chi connectivity index (χ1) is 12.7. The Morgan fingerprint density at radius 2 is 1.62 bits per heavy atom. The van der Waals surface area contributed by atoms with Crippen molar-refractivity contribution in [3.8, 4) is 28.7 Å². The molecule has 134 valence electrons. The van der Waals surface area contributed by atoms with E-state index < -0.39 is 0 Å². The van der Waals surface area contributed by atoms with E-state index in [9.17, 15) is 0 Å². The molecule has 0 unspecified atom stereocenters. The normalized spacial score (nSPS) is 10.9. The van der Waals surface area contributed by atoms with Gasteiger partial charge in [-0.15, -0.1) is 10.2 Å². The molecule has 6 nitrogen and oxygen atoms in total. The summed E-state index contributed by atoms with van der Waals surface area (Å²) in [7, 11) is 4.72. The lowest BCUT2D eigenvalue weighted by molar-refractivity contribution is 0.324. The van der Waals surface area contributed by atoms with Gasteiger partial charge in [-0.25, -0.2) is 0 Å². The van der Waals surface area contributed by atoms with Crippen LogP contribution in [0.3, 0.4) is 0 Å². The molecule has 0 aliphatic carbocycles. The van der Waals surface area contributed by atoms with Crippen LogP contribution in [0.25, 0.3) is 23.6 Å². The lowest BCUT2D eigenvalue weighted by Gasteiger charge is -2.12. The van der Waals surface area contributed by atoms with Crippen LogP contribution in [0.5, 0.6) is 17.2 Å². The Bertz CT molecular complexity index is 912. The third-order valence-electron chi connectivity index (χ3n) is 3.65. The Balaban J connectivity index is 1.88. The van der Waals surface area contributed by atoms with E-state index in [0.29, 0.717) is 29.0 Å². The first kappa shape index (κ1) is 18.0. The molecule has 0 atom stereocenters. The quantitative estimate of drug-likeness (QED) is 0.580. The number of aromatic nitrogens is 2. The molecule has 0 aliphatic rings. The topological polar surface area (TPSA) is 66.6 Å². The highest BCUT2D eigenvalue weighted by molar-refractivity contribution is 9.10. The fraction of sp³-hybridized carbons (Fsp3) is 0.158. The third-order valence-corrected chi connectivity index (χ3v) is 4.34. The van der Waals surface area contributed by atoms with Crippen LogP contribution in [-0.2, 0) is 0 Å². The Labute approximate surface area is 159 Å². The van der Waals surface area contributed by atoms with E-state index in [4.69, 9.17) is 18.6 Å². The maximum Gasteiger partial charge on any atom is 0.249 e. The van der Waals surface area contributed by atoms with Gasteiger partial charge in [-0.05, 0) is 51.8 Å². The van der Waals surface area contributed by atoms with Crippen molar-refractivity contribution in [1.82, 2.24) is 10.2 Å². The maximum absolute atomic E-state index is 5.70. The van der Waals surface area contributed by atoms with E-state index in [1.165, 1.54) is 0 Å². The number of ether oxygens (including phenoxy) is 3. The molecular weight excluding hydrogens is 400 g/mol. The fourth-order valence-electron chi connectivity index (χ4n) is 2.41. The monoisotopic (exact) mass is 416 g/mol. The lowest BCUT2D eigenvalue weighted by Crippen LogP contribution is -1.95. The first-order valence-electron chi connectivity index (χ1n) is 7.72. The smallest absolute Gasteiger partial charge is 0.249 e. The van der Waals surface area contributed by atoms with Gasteiger partial charge in [-0.1, -0.05) is 12.1 Å². The molecule has 0 bridgehead atoms. The highest BCUT2D eigenvalue weighted by Gasteiger charge is 2.13. The second-order valence-electron chi connectivity index (χ2n) is 5.22. The van der Waals surface area contributed by atoms with Gasteiger partial charge >= 0.3 is 0 Å². The van der Waals surface area contributed by atoms with E-state index in [1.54, 1.807) is 27.4 Å². The number of methoxy groups -OCH3 is 3. The van der Waals surface area contributed by atoms with Crippen molar-refractivity contribution < 1.29 is 18.6 Å². The summed E-state index contributed by atoms with van der Waals surface area (Å²) >= 11 is 3.48. The SMILES string of the molecule is COc1cc(/C=C/c2nnc(-c3ccccc3Br)o2)cc(OC)c1OC. The highest BCUT2D eigenvalue weighted by atomic mass is 79.9. The van der Waals surface area contributed by atoms with Crippen molar-refractivity contribution >= 4 is 28.1 Å². The second kappa shape index (κ2) is 8.05. The molecule has 7 heteroatoms. The van der Waals surface area contributed by atoms with Crippen LogP contribution >= 0.6 is 15.9 Å². The number of benzene rings is 2. The standard InChI is InChI=1S/C19H17BrN2O4/c1-23-15-10-12(11-16(24-2)18(15)25-3)8-9-17-21-22-19(26-17)13-6-4-5-7-14(13)20/h4-11H,1-3H3/b9-8+. The molecule has 1 aromatic heterocycles. The first-order valence-corrected chi connectivity index (χ1v) is 8.52. The predicted octanol–water partition coefficient (Wildman–Crippen LogP) is 4.70. The van der Waals surface area contributed by atoms with Crippen LogP contribution in [0.1, 0.15) is 11.5 Å². The van der Waals surface area contributed by atoms with Crippen LogP contribution in [0.15, 0.2) is 45.3 Å². The van der Waals surface area contributed by atoms with Crippen LogP contribution < -0.4 is 14.2 Å². The molecule has 0 saturated heterocycles. The molecule has 0 amide bonds. The summed E-state index contributed by atoms with van der Waals surface area (Å²) in [6.07, 6.45) is 3.57. The van der Waals surface area contributed by atoms with Gasteiger partial charge in [0, 0.05) is 10.5 Å². The Hall–Kier alpha value is -2.80. The Morgan fingerprint density at radius 1 is 0.923 bits per heavy atom. The summed E-state index contributed by atoms with van der Waals surface area (Å²) < 4.78 is 22.6. The number of hydrogen-bond acceptors (Lipinski definition) is 6. The van der Waals surface area contributed by atoms with Crippen molar-refractivity contribution in [2.75, 3.05) is 21.3 Å². The van der Waals surface area contributed by atoms with Crippen molar-refractivity contribution in [2.24, 2.45) is 0 Å². The summed E-state index contributed by atoms with van der Waals surface area (Å²) in [6, 6.07) is 11.3. The van der Waals surface area contributed by atoms with E-state index in [2.05, 4.69) is 26.1 Å². The van der Waals surface area contributed by atoms with E-state index >= 15 is 0 Å². The van der Waals surface area contributed by atoms with Crippen LogP contribution in [0, 0.1) is 0 Å². The number of rotatable bonds is 6. The largest absolute Gasteiger partial charge is 0.493 e. The molecule has 3 rings (SSSR count). The minimum absolute atomic E-state index is 0.393. The Kier molecular flexibility index (Phi) is 5.58. The summed E-state index contributed by atoms with van der Waals surface area (Å²) in [5, 5.41) is 8.14. The van der Waals surface area contributed by atoms with Gasteiger partial charge in [0.05, 0.1) is 26.9 Å². The summed E-state index contributed by atoms with van der Waals surface area (Å²) in [6.45, 7) is 0. The number of hydrogen-bond donors (Lipinski definition) is 0. The number of halogens is 1. The molecule has 0 spiro atoms. The van der Waals surface area contributed by atoms with Crippen molar-refractivity contribution in [1.29, 1.82) is 0 Å². The van der Waals surface area contributed by atoms with Gasteiger partial charge in [-0.2, -0.15) is 0 Å². The maximum atomic E-state index is 5.70. The molecule has 0 saturated carbocycles. The molecule has 0 radical (unpaired) electrons. The molecule has 3 aromatic rings. The van der Waals surface area contributed by atoms with E-state index in [0.717, 1.165) is 15.6 Å². The van der Waals surface area contributed by atoms with E-state index in [1.807, 2.05) is 42.5 Å². The van der Waals surface area contributed by atoms with Gasteiger partial charge in [0.25, 0.3) is 0 Å². The summed E-state index contributed by atoms with van der Waals surface area (Å²) in [4.78, 5) is 0. The third kappa shape index (κ3) is 3.72. The molecule has 1 heterocycles. The average Bonchev–Trinajstić information content (AvgIpc) is 3.14. The number of nitrogens with zero attached hydrogens (tertiary/aromatic N) is 2. The van der Waals surface area contributed by atoms with Gasteiger partial charge in [-0.3, -0.25) is 0 Å². The second-order valence-corrected chi connectivity index (χ2v) is 6.07.